The maximum absolute atomic E-state index is 3.50. The summed E-state index contributed by atoms with van der Waals surface area (Å²) < 4.78 is 0. The lowest BCUT2D eigenvalue weighted by Crippen LogP contribution is -2.45. The van der Waals surface area contributed by atoms with Crippen molar-refractivity contribution < 1.29 is 0 Å². The van der Waals surface area contributed by atoms with Gasteiger partial charge < -0.3 is 10.6 Å². The minimum absolute atomic E-state index is 0.283. The molecule has 0 aliphatic carbocycles. The third-order valence-corrected chi connectivity index (χ3v) is 2.26. The van der Waals surface area contributed by atoms with E-state index in [1.165, 1.54) is 6.42 Å². The fraction of sp³-hybridized carbons (Fsp3) is 1.00. The highest BCUT2D eigenvalue weighted by atomic mass is 15.0. The summed E-state index contributed by atoms with van der Waals surface area (Å²) >= 11 is 0. The fourth-order valence-corrected chi connectivity index (χ4v) is 0.656. The maximum Gasteiger partial charge on any atom is 0.0161 e. The van der Waals surface area contributed by atoms with E-state index in [4.69, 9.17) is 0 Å². The summed E-state index contributed by atoms with van der Waals surface area (Å²) in [6, 6.07) is 0.556. The molecular formula is C9H22N2. The van der Waals surface area contributed by atoms with Gasteiger partial charge in [-0.15, -0.1) is 0 Å². The van der Waals surface area contributed by atoms with Gasteiger partial charge in [-0.1, -0.05) is 6.92 Å². The molecule has 0 heterocycles. The molecule has 0 aromatic rings. The molecule has 0 saturated carbocycles. The highest BCUT2D eigenvalue weighted by molar-refractivity contribution is 4.77. The second-order valence-corrected chi connectivity index (χ2v) is 3.81. The van der Waals surface area contributed by atoms with Crippen LogP contribution in [0.15, 0.2) is 0 Å². The van der Waals surface area contributed by atoms with Crippen molar-refractivity contribution in [3.63, 3.8) is 0 Å². The Morgan fingerprint density at radius 3 is 2.27 bits per heavy atom. The van der Waals surface area contributed by atoms with Crippen LogP contribution >= 0.6 is 0 Å². The van der Waals surface area contributed by atoms with Gasteiger partial charge in [0.25, 0.3) is 0 Å². The van der Waals surface area contributed by atoms with Crippen LogP contribution in [0.3, 0.4) is 0 Å². The molecule has 2 nitrogen and oxygen atoms in total. The minimum Gasteiger partial charge on any atom is -0.316 e. The maximum atomic E-state index is 3.50. The SMILES string of the molecule is CCC(C)(C)NCC(C)NC. The molecule has 68 valence electrons. The third-order valence-electron chi connectivity index (χ3n) is 2.26. The molecular weight excluding hydrogens is 136 g/mol. The number of nitrogens with one attached hydrogen (secondary N) is 2. The Hall–Kier alpha value is -0.0800. The Morgan fingerprint density at radius 2 is 1.91 bits per heavy atom. The summed E-state index contributed by atoms with van der Waals surface area (Å²) in [4.78, 5) is 0. The van der Waals surface area contributed by atoms with Crippen molar-refractivity contribution in [2.75, 3.05) is 13.6 Å². The summed E-state index contributed by atoms with van der Waals surface area (Å²) in [7, 11) is 1.99. The van der Waals surface area contributed by atoms with Gasteiger partial charge in [0, 0.05) is 18.1 Å². The molecule has 0 aliphatic heterocycles. The van der Waals surface area contributed by atoms with Crippen LogP contribution in [0.4, 0.5) is 0 Å². The summed E-state index contributed by atoms with van der Waals surface area (Å²) in [5.41, 5.74) is 0.283. The summed E-state index contributed by atoms with van der Waals surface area (Å²) in [6.45, 7) is 9.89. The van der Waals surface area contributed by atoms with E-state index >= 15 is 0 Å². The molecule has 0 aromatic carbocycles. The van der Waals surface area contributed by atoms with Crippen LogP contribution in [-0.4, -0.2) is 25.2 Å². The normalized spacial score (nSPS) is 15.0. The van der Waals surface area contributed by atoms with E-state index in [1.807, 2.05) is 7.05 Å². The van der Waals surface area contributed by atoms with Gasteiger partial charge in [-0.05, 0) is 34.2 Å². The second-order valence-electron chi connectivity index (χ2n) is 3.81. The fourth-order valence-electron chi connectivity index (χ4n) is 0.656. The van der Waals surface area contributed by atoms with E-state index in [2.05, 4.69) is 38.3 Å². The van der Waals surface area contributed by atoms with E-state index in [0.29, 0.717) is 6.04 Å². The van der Waals surface area contributed by atoms with Crippen molar-refractivity contribution >= 4 is 0 Å². The Bertz CT molecular complexity index is 99.7. The lowest BCUT2D eigenvalue weighted by atomic mass is 10.0. The molecule has 0 aromatic heterocycles. The molecule has 0 saturated heterocycles. The van der Waals surface area contributed by atoms with Crippen molar-refractivity contribution in [2.24, 2.45) is 0 Å². The predicted octanol–water partition coefficient (Wildman–Crippen LogP) is 1.37. The van der Waals surface area contributed by atoms with Crippen LogP contribution in [0, 0.1) is 0 Å². The van der Waals surface area contributed by atoms with Gasteiger partial charge in [-0.3, -0.25) is 0 Å². The molecule has 0 fully saturated rings. The molecule has 0 rings (SSSR count). The van der Waals surface area contributed by atoms with Gasteiger partial charge in [0.05, 0.1) is 0 Å². The van der Waals surface area contributed by atoms with Crippen molar-refractivity contribution in [1.82, 2.24) is 10.6 Å². The first-order chi connectivity index (χ1) is 5.02. The Labute approximate surface area is 70.8 Å². The third kappa shape index (κ3) is 5.22. The van der Waals surface area contributed by atoms with Crippen LogP contribution in [0.2, 0.25) is 0 Å². The molecule has 2 heteroatoms. The number of rotatable bonds is 5. The average molecular weight is 158 g/mol. The topological polar surface area (TPSA) is 24.1 Å². The Balaban J connectivity index is 3.52. The summed E-state index contributed by atoms with van der Waals surface area (Å²) in [5.74, 6) is 0. The van der Waals surface area contributed by atoms with Gasteiger partial charge in [0.2, 0.25) is 0 Å². The van der Waals surface area contributed by atoms with Crippen molar-refractivity contribution in [1.29, 1.82) is 0 Å². The van der Waals surface area contributed by atoms with Gasteiger partial charge in [0.15, 0.2) is 0 Å². The monoisotopic (exact) mass is 158 g/mol. The van der Waals surface area contributed by atoms with Gasteiger partial charge in [-0.2, -0.15) is 0 Å². The first kappa shape index (κ1) is 10.9. The predicted molar refractivity (Wildman–Crippen MR) is 50.9 cm³/mol. The quantitative estimate of drug-likeness (QED) is 0.631. The van der Waals surface area contributed by atoms with Crippen molar-refractivity contribution in [2.45, 2.75) is 45.7 Å². The van der Waals surface area contributed by atoms with Gasteiger partial charge >= 0.3 is 0 Å². The van der Waals surface area contributed by atoms with Gasteiger partial charge in [-0.25, -0.2) is 0 Å². The highest BCUT2D eigenvalue weighted by Gasteiger charge is 2.13. The van der Waals surface area contributed by atoms with E-state index < -0.39 is 0 Å². The Kier molecular flexibility index (Phi) is 4.69. The minimum atomic E-state index is 0.283. The molecule has 1 atom stereocenters. The average Bonchev–Trinajstić information content (AvgIpc) is 2.00. The second kappa shape index (κ2) is 4.73. The van der Waals surface area contributed by atoms with Crippen LogP contribution in [0.1, 0.15) is 34.1 Å². The smallest absolute Gasteiger partial charge is 0.0161 e. The zero-order valence-corrected chi connectivity index (χ0v) is 8.49. The van der Waals surface area contributed by atoms with E-state index in [1.54, 1.807) is 0 Å². The molecule has 0 bridgehead atoms. The summed E-state index contributed by atoms with van der Waals surface area (Å²) in [5, 5.41) is 6.70. The van der Waals surface area contributed by atoms with E-state index in [0.717, 1.165) is 6.54 Å². The first-order valence-electron chi connectivity index (χ1n) is 4.44. The molecule has 0 spiro atoms. The first-order valence-corrected chi connectivity index (χ1v) is 4.44. The molecule has 0 radical (unpaired) electrons. The number of likely N-dealkylation sites (N-methyl/N-ethyl adjacent to an activating group) is 1. The van der Waals surface area contributed by atoms with Crippen LogP contribution in [-0.2, 0) is 0 Å². The zero-order valence-electron chi connectivity index (χ0n) is 8.49. The number of hydrogen-bond acceptors (Lipinski definition) is 2. The summed E-state index contributed by atoms with van der Waals surface area (Å²) in [6.07, 6.45) is 1.17. The van der Waals surface area contributed by atoms with Crippen molar-refractivity contribution in [3.05, 3.63) is 0 Å². The zero-order chi connectivity index (χ0) is 8.91. The molecule has 0 aliphatic rings. The lowest BCUT2D eigenvalue weighted by molar-refractivity contribution is 0.357. The standard InChI is InChI=1S/C9H22N2/c1-6-9(3,4)11-7-8(2)10-5/h8,10-11H,6-7H2,1-5H3. The van der Waals surface area contributed by atoms with Gasteiger partial charge in [0.1, 0.15) is 0 Å². The highest BCUT2D eigenvalue weighted by Crippen LogP contribution is 2.05. The molecule has 1 unspecified atom stereocenters. The van der Waals surface area contributed by atoms with Crippen LogP contribution in [0.5, 0.6) is 0 Å². The number of hydrogen-bond donors (Lipinski definition) is 2. The lowest BCUT2D eigenvalue weighted by Gasteiger charge is -2.26. The van der Waals surface area contributed by atoms with Crippen LogP contribution in [0.25, 0.3) is 0 Å². The molecule has 11 heavy (non-hydrogen) atoms. The molecule has 0 amide bonds. The van der Waals surface area contributed by atoms with Crippen LogP contribution < -0.4 is 10.6 Å². The largest absolute Gasteiger partial charge is 0.316 e. The van der Waals surface area contributed by atoms with E-state index in [9.17, 15) is 0 Å². The molecule has 2 N–H and O–H groups in total. The van der Waals surface area contributed by atoms with Crippen molar-refractivity contribution in [3.8, 4) is 0 Å². The Morgan fingerprint density at radius 1 is 1.36 bits per heavy atom. The van der Waals surface area contributed by atoms with E-state index in [-0.39, 0.29) is 5.54 Å².